The number of rotatable bonds is 5. The van der Waals surface area contributed by atoms with E-state index in [1.807, 2.05) is 11.5 Å². The molecule has 0 radical (unpaired) electrons. The second-order valence-corrected chi connectivity index (χ2v) is 8.58. The van der Waals surface area contributed by atoms with Crippen molar-refractivity contribution in [2.24, 2.45) is 0 Å². The number of thiazole rings is 1. The summed E-state index contributed by atoms with van der Waals surface area (Å²) < 4.78 is 7.97. The fraction of sp³-hybridized carbons (Fsp3) is 0.529. The molecule has 9 heteroatoms. The van der Waals surface area contributed by atoms with E-state index in [0.29, 0.717) is 28.6 Å². The summed E-state index contributed by atoms with van der Waals surface area (Å²) in [5.41, 5.74) is 1.13. The van der Waals surface area contributed by atoms with Crippen molar-refractivity contribution in [3.8, 4) is 0 Å². The van der Waals surface area contributed by atoms with Gasteiger partial charge in [0.2, 0.25) is 0 Å². The topological polar surface area (TPSA) is 89.3 Å². The zero-order valence-electron chi connectivity index (χ0n) is 15.6. The molecule has 0 atom stereocenters. The normalized spacial score (nSPS) is 11.5. The molecule has 0 unspecified atom stereocenters. The Morgan fingerprint density at radius 2 is 2.12 bits per heavy atom. The van der Waals surface area contributed by atoms with Crippen LogP contribution in [0, 0.1) is 17.8 Å². The van der Waals surface area contributed by atoms with E-state index in [2.05, 4.69) is 15.3 Å². The summed E-state index contributed by atoms with van der Waals surface area (Å²) in [7, 11) is 0. The summed E-state index contributed by atoms with van der Waals surface area (Å²) in [5.74, 6) is 0.953. The summed E-state index contributed by atoms with van der Waals surface area (Å²) in [5, 5.41) is 11.9. The van der Waals surface area contributed by atoms with Crippen LogP contribution in [0.15, 0.2) is 6.20 Å². The Labute approximate surface area is 162 Å². The number of aliphatic hydroxyl groups excluding tert-OH is 1. The van der Waals surface area contributed by atoms with Crippen LogP contribution < -0.4 is 5.32 Å². The van der Waals surface area contributed by atoms with E-state index in [0.717, 1.165) is 16.1 Å². The van der Waals surface area contributed by atoms with Crippen LogP contribution in [-0.4, -0.2) is 37.9 Å². The SMILES string of the molecule is Cc1ncc(Cn2c(C)c(CCO)sc2=S)c(NC(=O)OC(C)(C)C)n1. The van der Waals surface area contributed by atoms with Gasteiger partial charge in [0, 0.05) is 35.4 Å². The number of aromatic nitrogens is 3. The molecule has 2 N–H and O–H groups in total. The molecule has 0 saturated heterocycles. The van der Waals surface area contributed by atoms with E-state index in [1.165, 1.54) is 11.3 Å². The van der Waals surface area contributed by atoms with Crippen molar-refractivity contribution < 1.29 is 14.6 Å². The van der Waals surface area contributed by atoms with Crippen molar-refractivity contribution in [2.75, 3.05) is 11.9 Å². The smallest absolute Gasteiger partial charge is 0.413 e. The molecule has 0 spiro atoms. The Hall–Kier alpha value is -1.84. The van der Waals surface area contributed by atoms with Gasteiger partial charge < -0.3 is 14.4 Å². The Morgan fingerprint density at radius 3 is 2.73 bits per heavy atom. The third kappa shape index (κ3) is 5.33. The lowest BCUT2D eigenvalue weighted by molar-refractivity contribution is 0.0635. The van der Waals surface area contributed by atoms with Gasteiger partial charge in [0.15, 0.2) is 3.95 Å². The predicted octanol–water partition coefficient (Wildman–Crippen LogP) is 3.62. The van der Waals surface area contributed by atoms with Gasteiger partial charge in [-0.1, -0.05) is 0 Å². The molecule has 0 bridgehead atoms. The first-order chi connectivity index (χ1) is 12.1. The number of nitrogens with one attached hydrogen (secondary N) is 1. The highest BCUT2D eigenvalue weighted by atomic mass is 32.1. The van der Waals surface area contributed by atoms with Gasteiger partial charge in [-0.05, 0) is 46.8 Å². The minimum atomic E-state index is -0.599. The molecule has 2 rings (SSSR count). The Bertz CT molecular complexity index is 853. The zero-order valence-corrected chi connectivity index (χ0v) is 17.3. The molecule has 26 heavy (non-hydrogen) atoms. The number of ether oxygens (including phenoxy) is 1. The molecule has 142 valence electrons. The third-order valence-corrected chi connectivity index (χ3v) is 5.12. The first-order valence-corrected chi connectivity index (χ1v) is 9.45. The van der Waals surface area contributed by atoms with E-state index in [1.54, 1.807) is 33.9 Å². The van der Waals surface area contributed by atoms with Crippen molar-refractivity contribution in [2.45, 2.75) is 53.2 Å². The van der Waals surface area contributed by atoms with Gasteiger partial charge in [-0.3, -0.25) is 5.32 Å². The molecule has 0 fully saturated rings. The van der Waals surface area contributed by atoms with Crippen LogP contribution in [-0.2, 0) is 17.7 Å². The standard InChI is InChI=1S/C17H24N4O3S2/c1-10-13(6-7-22)26-16(25)21(10)9-12-8-18-11(2)19-14(12)20-15(23)24-17(3,4)5/h8,22H,6-7,9H2,1-5H3,(H,18,19,20,23). The number of anilines is 1. The third-order valence-electron chi connectivity index (χ3n) is 3.51. The minimum Gasteiger partial charge on any atom is -0.444 e. The van der Waals surface area contributed by atoms with Gasteiger partial charge in [0.1, 0.15) is 17.2 Å². The predicted molar refractivity (Wildman–Crippen MR) is 104 cm³/mol. The number of hydrogen-bond donors (Lipinski definition) is 2. The van der Waals surface area contributed by atoms with Crippen LogP contribution in [0.2, 0.25) is 0 Å². The quantitative estimate of drug-likeness (QED) is 0.751. The van der Waals surface area contributed by atoms with Gasteiger partial charge in [-0.2, -0.15) is 0 Å². The van der Waals surface area contributed by atoms with Crippen molar-refractivity contribution in [3.05, 3.63) is 32.1 Å². The van der Waals surface area contributed by atoms with Gasteiger partial charge in [-0.15, -0.1) is 11.3 Å². The Balaban J connectivity index is 2.31. The summed E-state index contributed by atoms with van der Waals surface area (Å²) in [6.07, 6.45) is 1.68. The lowest BCUT2D eigenvalue weighted by atomic mass is 10.2. The molecule has 2 aromatic heterocycles. The number of hydrogen-bond acceptors (Lipinski definition) is 7. The highest BCUT2D eigenvalue weighted by Crippen LogP contribution is 2.23. The number of aliphatic hydroxyl groups is 1. The molecule has 2 heterocycles. The van der Waals surface area contributed by atoms with E-state index in [-0.39, 0.29) is 6.61 Å². The number of nitrogens with zero attached hydrogens (tertiary/aromatic N) is 3. The fourth-order valence-electron chi connectivity index (χ4n) is 2.33. The molecular formula is C17H24N4O3S2. The van der Waals surface area contributed by atoms with Crippen LogP contribution in [0.25, 0.3) is 0 Å². The molecule has 0 aromatic carbocycles. The van der Waals surface area contributed by atoms with Gasteiger partial charge in [0.25, 0.3) is 0 Å². The Morgan fingerprint density at radius 1 is 1.42 bits per heavy atom. The molecule has 7 nitrogen and oxygen atoms in total. The zero-order chi connectivity index (χ0) is 19.5. The highest BCUT2D eigenvalue weighted by Gasteiger charge is 2.19. The van der Waals surface area contributed by atoms with E-state index < -0.39 is 11.7 Å². The second kappa shape index (κ2) is 8.24. The average molecular weight is 397 g/mol. The Kier molecular flexibility index (Phi) is 6.48. The van der Waals surface area contributed by atoms with Gasteiger partial charge in [-0.25, -0.2) is 14.8 Å². The largest absolute Gasteiger partial charge is 0.444 e. The average Bonchev–Trinajstić information content (AvgIpc) is 2.75. The van der Waals surface area contributed by atoms with E-state index in [9.17, 15) is 9.90 Å². The number of carbonyl (C=O) groups is 1. The first-order valence-electron chi connectivity index (χ1n) is 8.23. The fourth-order valence-corrected chi connectivity index (χ4v) is 3.80. The maximum absolute atomic E-state index is 12.1. The number of amides is 1. The van der Waals surface area contributed by atoms with Crippen molar-refractivity contribution in [1.29, 1.82) is 0 Å². The molecule has 1 amide bonds. The summed E-state index contributed by atoms with van der Waals surface area (Å²) in [6.45, 7) is 9.63. The van der Waals surface area contributed by atoms with Gasteiger partial charge >= 0.3 is 6.09 Å². The highest BCUT2D eigenvalue weighted by molar-refractivity contribution is 7.73. The summed E-state index contributed by atoms with van der Waals surface area (Å²) in [6, 6.07) is 0. The number of aryl methyl sites for hydroxylation is 1. The minimum absolute atomic E-state index is 0.0786. The molecule has 0 aliphatic carbocycles. The van der Waals surface area contributed by atoms with E-state index in [4.69, 9.17) is 17.0 Å². The summed E-state index contributed by atoms with van der Waals surface area (Å²) in [4.78, 5) is 21.7. The lowest BCUT2D eigenvalue weighted by Gasteiger charge is -2.20. The monoisotopic (exact) mass is 396 g/mol. The molecule has 0 aliphatic rings. The molecule has 0 aliphatic heterocycles. The molecule has 2 aromatic rings. The molecular weight excluding hydrogens is 372 g/mol. The maximum Gasteiger partial charge on any atom is 0.413 e. The first kappa shape index (κ1) is 20.5. The summed E-state index contributed by atoms with van der Waals surface area (Å²) >= 11 is 6.93. The van der Waals surface area contributed by atoms with Crippen LogP contribution in [0.4, 0.5) is 10.6 Å². The van der Waals surface area contributed by atoms with Crippen LogP contribution in [0.3, 0.4) is 0 Å². The van der Waals surface area contributed by atoms with Crippen molar-refractivity contribution in [3.63, 3.8) is 0 Å². The number of carbonyl (C=O) groups excluding carboxylic acids is 1. The van der Waals surface area contributed by atoms with Crippen LogP contribution in [0.1, 0.15) is 42.7 Å². The van der Waals surface area contributed by atoms with Crippen LogP contribution in [0.5, 0.6) is 0 Å². The maximum atomic E-state index is 12.1. The van der Waals surface area contributed by atoms with E-state index >= 15 is 0 Å². The van der Waals surface area contributed by atoms with Crippen molar-refractivity contribution in [1.82, 2.24) is 14.5 Å². The molecule has 0 saturated carbocycles. The lowest BCUT2D eigenvalue weighted by Crippen LogP contribution is -2.28. The van der Waals surface area contributed by atoms with Crippen molar-refractivity contribution >= 4 is 35.5 Å². The van der Waals surface area contributed by atoms with Gasteiger partial charge in [0.05, 0.1) is 6.54 Å². The van der Waals surface area contributed by atoms with Crippen LogP contribution >= 0.6 is 23.6 Å². The second-order valence-electron chi connectivity index (χ2n) is 6.85.